The van der Waals surface area contributed by atoms with Crippen LogP contribution in [0.5, 0.6) is 0 Å². The third-order valence-corrected chi connectivity index (χ3v) is 15.5. The van der Waals surface area contributed by atoms with Gasteiger partial charge in [-0.2, -0.15) is 10.2 Å². The van der Waals surface area contributed by atoms with Gasteiger partial charge in [-0.1, -0.05) is 26.0 Å². The minimum absolute atomic E-state index is 0.0249. The first-order valence-electron chi connectivity index (χ1n) is 21.6. The fourth-order valence-corrected chi connectivity index (χ4v) is 13.9. The Morgan fingerprint density at radius 3 is 2.44 bits per heavy atom. The Kier molecular flexibility index (Phi) is 9.50. The standard InChI is InChI=1S/C46H57N9O3S/c1-30-32-9-8-14-54(41(32)51-50-36(30)21-39-48-35-10-6-7-11-37(35)59-39)38-13-12-33(40(49-38)42(56)57)34-22-47-55(31(34)2)29-45-24-43(3)23-44(4,25-45)27-46(26-43,28-45)58-20-19-53-17-15-52(5)16-18-53/h6-7,10-13,22H,8-9,14-21,23-29H2,1-5H3,(H,56,57). The molecule has 4 saturated carbocycles. The summed E-state index contributed by atoms with van der Waals surface area (Å²) in [6, 6.07) is 12.0. The number of aromatic nitrogens is 6. The van der Waals surface area contributed by atoms with Crippen molar-refractivity contribution in [1.29, 1.82) is 0 Å². The summed E-state index contributed by atoms with van der Waals surface area (Å²) < 4.78 is 10.4. The van der Waals surface area contributed by atoms with Crippen LogP contribution in [-0.2, 0) is 24.1 Å². The molecule has 2 aliphatic heterocycles. The highest BCUT2D eigenvalue weighted by Gasteiger charge is 2.66. The van der Waals surface area contributed by atoms with Crippen LogP contribution < -0.4 is 4.90 Å². The number of likely N-dealkylation sites (N-methyl/N-ethyl adjacent to an activating group) is 1. The molecule has 4 aromatic heterocycles. The molecule has 11 rings (SSSR count). The van der Waals surface area contributed by atoms with Gasteiger partial charge in [-0.3, -0.25) is 9.58 Å². The third-order valence-electron chi connectivity index (χ3n) is 14.4. The van der Waals surface area contributed by atoms with Gasteiger partial charge in [0, 0.05) is 74.6 Å². The minimum atomic E-state index is -1.06. The Morgan fingerprint density at radius 2 is 1.68 bits per heavy atom. The Hall–Kier alpha value is -4.30. The van der Waals surface area contributed by atoms with E-state index in [1.54, 1.807) is 11.3 Å². The minimum Gasteiger partial charge on any atom is -0.476 e. The van der Waals surface area contributed by atoms with Crippen LogP contribution in [0.1, 0.15) is 96.8 Å². The summed E-state index contributed by atoms with van der Waals surface area (Å²) in [4.78, 5) is 29.6. The number of anilines is 2. The maximum Gasteiger partial charge on any atom is 0.355 e. The average Bonchev–Trinajstić information content (AvgIpc) is 3.76. The molecule has 0 radical (unpaired) electrons. The molecule has 59 heavy (non-hydrogen) atoms. The molecule has 1 N–H and O–H groups in total. The van der Waals surface area contributed by atoms with Crippen molar-refractivity contribution in [3.8, 4) is 11.1 Å². The predicted molar refractivity (Wildman–Crippen MR) is 231 cm³/mol. The van der Waals surface area contributed by atoms with Crippen molar-refractivity contribution in [2.75, 3.05) is 57.8 Å². The fourth-order valence-electron chi connectivity index (χ4n) is 12.9. The summed E-state index contributed by atoms with van der Waals surface area (Å²) in [7, 11) is 2.21. The zero-order chi connectivity index (χ0) is 40.7. The zero-order valence-electron chi connectivity index (χ0n) is 35.3. The molecule has 2 unspecified atom stereocenters. The van der Waals surface area contributed by atoms with Gasteiger partial charge >= 0.3 is 5.97 Å². The van der Waals surface area contributed by atoms with Crippen molar-refractivity contribution in [1.82, 2.24) is 39.7 Å². The predicted octanol–water partition coefficient (Wildman–Crippen LogP) is 7.72. The van der Waals surface area contributed by atoms with E-state index in [4.69, 9.17) is 30.0 Å². The van der Waals surface area contributed by atoms with E-state index in [1.165, 1.54) is 24.0 Å². The number of benzene rings is 1. The molecule has 5 fully saturated rings. The van der Waals surface area contributed by atoms with Gasteiger partial charge in [0.2, 0.25) is 0 Å². The average molecular weight is 816 g/mol. The first-order chi connectivity index (χ1) is 28.3. The maximum absolute atomic E-state index is 13.0. The highest BCUT2D eigenvalue weighted by molar-refractivity contribution is 7.18. The number of rotatable bonds is 11. The lowest BCUT2D eigenvalue weighted by molar-refractivity contribution is -0.249. The van der Waals surface area contributed by atoms with Crippen molar-refractivity contribution < 1.29 is 14.6 Å². The topological polar surface area (TPSA) is 126 Å². The number of nitrogens with zero attached hydrogens (tertiary/aromatic N) is 9. The van der Waals surface area contributed by atoms with E-state index in [1.807, 2.05) is 41.4 Å². The van der Waals surface area contributed by atoms with Crippen LogP contribution in [0.4, 0.5) is 11.6 Å². The van der Waals surface area contributed by atoms with Crippen molar-refractivity contribution in [3.05, 3.63) is 75.8 Å². The SMILES string of the molecule is Cc1c(Cc2nc3ccccc3s2)nnc2c1CCCN2c1ccc(-c2cnn(CC34CC5(C)CC(C)(C3)CC(OCCN3CCN(C)CC3)(C5)C4)c2C)c(C(=O)O)n1. The van der Waals surface area contributed by atoms with Crippen LogP contribution in [0.2, 0.25) is 0 Å². The number of carbonyl (C=O) groups is 1. The summed E-state index contributed by atoms with van der Waals surface area (Å²) in [6.07, 6.45) is 11.2. The lowest BCUT2D eigenvalue weighted by Crippen LogP contribution is -2.64. The second-order valence-corrected chi connectivity index (χ2v) is 20.7. The first kappa shape index (κ1) is 38.9. The largest absolute Gasteiger partial charge is 0.476 e. The Labute approximate surface area is 351 Å². The van der Waals surface area contributed by atoms with E-state index in [-0.39, 0.29) is 27.5 Å². The van der Waals surface area contributed by atoms with Gasteiger partial charge in [0.25, 0.3) is 0 Å². The lowest BCUT2D eigenvalue weighted by Gasteiger charge is -2.69. The van der Waals surface area contributed by atoms with Crippen molar-refractivity contribution in [2.24, 2.45) is 16.2 Å². The molecule has 1 saturated heterocycles. The van der Waals surface area contributed by atoms with Gasteiger partial charge in [-0.15, -0.1) is 16.4 Å². The monoisotopic (exact) mass is 815 g/mol. The molecular formula is C46H57N9O3S. The number of carboxylic acid groups (broad SMARTS) is 1. The lowest BCUT2D eigenvalue weighted by atomic mass is 9.39. The molecule has 5 aromatic rings. The molecule has 6 heterocycles. The molecule has 2 atom stereocenters. The molecule has 1 aromatic carbocycles. The van der Waals surface area contributed by atoms with Crippen LogP contribution in [-0.4, -0.2) is 109 Å². The highest BCUT2D eigenvalue weighted by Crippen LogP contribution is 2.72. The van der Waals surface area contributed by atoms with Crippen LogP contribution in [0.25, 0.3) is 21.3 Å². The van der Waals surface area contributed by atoms with E-state index in [0.29, 0.717) is 24.3 Å². The molecule has 310 valence electrons. The molecule has 4 bridgehead atoms. The van der Waals surface area contributed by atoms with Gasteiger partial charge in [0.1, 0.15) is 5.82 Å². The Bertz CT molecular complexity index is 2380. The zero-order valence-corrected chi connectivity index (χ0v) is 36.1. The van der Waals surface area contributed by atoms with E-state index in [2.05, 4.69) is 55.3 Å². The maximum atomic E-state index is 13.0. The molecule has 4 aliphatic carbocycles. The molecule has 13 heteroatoms. The van der Waals surface area contributed by atoms with Crippen molar-refractivity contribution >= 4 is 39.2 Å². The molecule has 6 aliphatic rings. The van der Waals surface area contributed by atoms with Crippen molar-refractivity contribution in [2.45, 2.75) is 97.6 Å². The Morgan fingerprint density at radius 1 is 0.898 bits per heavy atom. The molecule has 0 spiro atoms. The number of ether oxygens (including phenoxy) is 1. The first-order valence-corrected chi connectivity index (χ1v) is 22.4. The normalized spacial score (nSPS) is 28.1. The van der Waals surface area contributed by atoms with E-state index < -0.39 is 5.97 Å². The number of para-hydroxylation sites is 1. The number of hydrogen-bond donors (Lipinski definition) is 1. The quantitative estimate of drug-likeness (QED) is 0.141. The number of pyridine rings is 1. The summed E-state index contributed by atoms with van der Waals surface area (Å²) >= 11 is 1.69. The van der Waals surface area contributed by atoms with Gasteiger partial charge in [-0.25, -0.2) is 14.8 Å². The van der Waals surface area contributed by atoms with Gasteiger partial charge in [0.15, 0.2) is 11.5 Å². The second-order valence-electron chi connectivity index (χ2n) is 19.6. The van der Waals surface area contributed by atoms with Gasteiger partial charge < -0.3 is 19.6 Å². The summed E-state index contributed by atoms with van der Waals surface area (Å²) in [5.74, 6) is 0.261. The summed E-state index contributed by atoms with van der Waals surface area (Å²) in [6.45, 7) is 17.0. The number of piperazine rings is 1. The summed E-state index contributed by atoms with van der Waals surface area (Å²) in [5.41, 5.74) is 7.04. The summed E-state index contributed by atoms with van der Waals surface area (Å²) in [5, 5.41) is 26.1. The van der Waals surface area contributed by atoms with Crippen molar-refractivity contribution in [3.63, 3.8) is 0 Å². The molecule has 0 amide bonds. The van der Waals surface area contributed by atoms with Crippen LogP contribution in [0.15, 0.2) is 42.6 Å². The molecule has 12 nitrogen and oxygen atoms in total. The van der Waals surface area contributed by atoms with Gasteiger partial charge in [-0.05, 0) is 118 Å². The highest BCUT2D eigenvalue weighted by atomic mass is 32.1. The second kappa shape index (κ2) is 14.4. The van der Waals surface area contributed by atoms with Crippen LogP contribution >= 0.6 is 11.3 Å². The fraction of sp³-hybridized carbons (Fsp3) is 0.565. The van der Waals surface area contributed by atoms with E-state index in [0.717, 1.165) is 122 Å². The number of hydrogen-bond acceptors (Lipinski definition) is 11. The Balaban J connectivity index is 0.890. The van der Waals surface area contributed by atoms with E-state index in [9.17, 15) is 9.90 Å². The van der Waals surface area contributed by atoms with Gasteiger partial charge in [0.05, 0.1) is 39.3 Å². The number of thiazole rings is 1. The smallest absolute Gasteiger partial charge is 0.355 e. The van der Waals surface area contributed by atoms with Crippen LogP contribution in [0, 0.1) is 30.1 Å². The molecular weight excluding hydrogens is 759 g/mol. The van der Waals surface area contributed by atoms with Crippen LogP contribution in [0.3, 0.4) is 0 Å². The van der Waals surface area contributed by atoms with E-state index >= 15 is 0 Å². The number of aromatic carboxylic acids is 1. The number of carboxylic acids is 1. The number of fused-ring (bicyclic) bond motifs is 2. The third kappa shape index (κ3) is 7.15.